The summed E-state index contributed by atoms with van der Waals surface area (Å²) in [4.78, 5) is 0. The van der Waals surface area contributed by atoms with Crippen LogP contribution in [0.5, 0.6) is 0 Å². The largest absolute Gasteiger partial charge is 0.373 e. The number of nitrogens with one attached hydrogen (secondary N) is 1. The Morgan fingerprint density at radius 1 is 1.46 bits per heavy atom. The molecule has 13 heavy (non-hydrogen) atoms. The highest BCUT2D eigenvalue weighted by molar-refractivity contribution is 5.00. The molecule has 0 aromatic heterocycles. The van der Waals surface area contributed by atoms with Crippen molar-refractivity contribution in [2.45, 2.75) is 45.3 Å². The molecule has 0 aliphatic heterocycles. The monoisotopic (exact) mass is 186 g/mol. The molecular formula is C10H22N2O. The first-order chi connectivity index (χ1) is 6.20. The Labute approximate surface area is 81.3 Å². The molecule has 0 aliphatic rings. The van der Waals surface area contributed by atoms with Crippen molar-refractivity contribution in [3.05, 3.63) is 12.7 Å². The Kier molecular flexibility index (Phi) is 5.95. The lowest BCUT2D eigenvalue weighted by Crippen LogP contribution is -2.53. The summed E-state index contributed by atoms with van der Waals surface area (Å²) in [5.41, 5.74) is 2.53. The fraction of sp³-hybridized carbons (Fsp3) is 0.800. The van der Waals surface area contributed by atoms with Crippen LogP contribution in [-0.2, 0) is 4.74 Å². The van der Waals surface area contributed by atoms with Crippen molar-refractivity contribution in [3.63, 3.8) is 0 Å². The lowest BCUT2D eigenvalue weighted by Gasteiger charge is -2.37. The van der Waals surface area contributed by atoms with Crippen LogP contribution in [0.15, 0.2) is 12.7 Å². The second kappa shape index (κ2) is 6.13. The molecule has 0 bridgehead atoms. The van der Waals surface area contributed by atoms with Crippen LogP contribution in [0.1, 0.15) is 33.6 Å². The summed E-state index contributed by atoms with van der Waals surface area (Å²) in [6.45, 7) is 10.7. The summed E-state index contributed by atoms with van der Waals surface area (Å²) in [5.74, 6) is 5.45. The molecule has 1 atom stereocenters. The molecule has 0 radical (unpaired) electrons. The normalized spacial score (nSPS) is 14.2. The van der Waals surface area contributed by atoms with Gasteiger partial charge in [0.15, 0.2) is 0 Å². The van der Waals surface area contributed by atoms with Gasteiger partial charge in [-0.1, -0.05) is 19.9 Å². The summed E-state index contributed by atoms with van der Waals surface area (Å²) < 4.78 is 5.76. The van der Waals surface area contributed by atoms with E-state index in [4.69, 9.17) is 10.6 Å². The standard InChI is InChI=1S/C10H22N2O/c1-5-9(12-11)10(6-2,7-3)13-8-4/h5,9,12H,1,6-8,11H2,2-4H3. The number of ether oxygens (including phenoxy) is 1. The molecule has 0 aliphatic carbocycles. The minimum absolute atomic E-state index is 0.0162. The zero-order valence-electron chi connectivity index (χ0n) is 8.97. The zero-order chi connectivity index (χ0) is 10.3. The van der Waals surface area contributed by atoms with Gasteiger partial charge in [0.25, 0.3) is 0 Å². The zero-order valence-corrected chi connectivity index (χ0v) is 8.97. The van der Waals surface area contributed by atoms with Crippen molar-refractivity contribution in [3.8, 4) is 0 Å². The fourth-order valence-electron chi connectivity index (χ4n) is 1.71. The lowest BCUT2D eigenvalue weighted by molar-refractivity contribution is -0.0611. The Morgan fingerprint density at radius 3 is 2.23 bits per heavy atom. The van der Waals surface area contributed by atoms with Gasteiger partial charge in [0.1, 0.15) is 0 Å². The van der Waals surface area contributed by atoms with Crippen LogP contribution in [-0.4, -0.2) is 18.2 Å². The molecule has 0 rings (SSSR count). The van der Waals surface area contributed by atoms with Gasteiger partial charge in [0.2, 0.25) is 0 Å². The van der Waals surface area contributed by atoms with E-state index in [2.05, 4.69) is 25.9 Å². The second-order valence-corrected chi connectivity index (χ2v) is 3.08. The molecule has 3 N–H and O–H groups in total. The Morgan fingerprint density at radius 2 is 2.00 bits per heavy atom. The van der Waals surface area contributed by atoms with Crippen LogP contribution in [0, 0.1) is 0 Å². The Hall–Kier alpha value is -0.380. The number of hydrogen-bond donors (Lipinski definition) is 2. The third-order valence-electron chi connectivity index (χ3n) is 2.61. The van der Waals surface area contributed by atoms with Gasteiger partial charge in [0, 0.05) is 6.61 Å². The van der Waals surface area contributed by atoms with E-state index in [1.54, 1.807) is 0 Å². The van der Waals surface area contributed by atoms with Gasteiger partial charge in [-0.05, 0) is 19.8 Å². The van der Waals surface area contributed by atoms with Crippen molar-refractivity contribution >= 4 is 0 Å². The lowest BCUT2D eigenvalue weighted by atomic mass is 9.88. The average molecular weight is 186 g/mol. The van der Waals surface area contributed by atoms with Crippen LogP contribution in [0.2, 0.25) is 0 Å². The fourth-order valence-corrected chi connectivity index (χ4v) is 1.71. The van der Waals surface area contributed by atoms with E-state index in [-0.39, 0.29) is 11.6 Å². The molecule has 0 amide bonds. The Bertz CT molecular complexity index is 144. The number of hydrogen-bond acceptors (Lipinski definition) is 3. The summed E-state index contributed by atoms with van der Waals surface area (Å²) in [7, 11) is 0. The predicted octanol–water partition coefficient (Wildman–Crippen LogP) is 1.60. The molecule has 0 fully saturated rings. The highest BCUT2D eigenvalue weighted by atomic mass is 16.5. The van der Waals surface area contributed by atoms with E-state index < -0.39 is 0 Å². The second-order valence-electron chi connectivity index (χ2n) is 3.08. The molecule has 3 nitrogen and oxygen atoms in total. The third-order valence-corrected chi connectivity index (χ3v) is 2.61. The maximum absolute atomic E-state index is 5.76. The minimum atomic E-state index is -0.203. The highest BCUT2D eigenvalue weighted by Gasteiger charge is 2.33. The van der Waals surface area contributed by atoms with E-state index >= 15 is 0 Å². The smallest absolute Gasteiger partial charge is 0.0877 e. The molecule has 0 saturated heterocycles. The van der Waals surface area contributed by atoms with Crippen molar-refractivity contribution in [1.29, 1.82) is 0 Å². The summed E-state index contributed by atoms with van der Waals surface area (Å²) in [5, 5.41) is 0. The molecule has 3 heteroatoms. The van der Waals surface area contributed by atoms with E-state index in [0.29, 0.717) is 6.61 Å². The molecule has 1 unspecified atom stereocenters. The van der Waals surface area contributed by atoms with E-state index in [1.807, 2.05) is 13.0 Å². The van der Waals surface area contributed by atoms with Crippen molar-refractivity contribution in [2.75, 3.05) is 6.61 Å². The molecule has 0 saturated carbocycles. The Balaban J connectivity index is 4.59. The summed E-state index contributed by atoms with van der Waals surface area (Å²) in [6, 6.07) is 0.0162. The van der Waals surface area contributed by atoms with Gasteiger partial charge in [0.05, 0.1) is 11.6 Å². The van der Waals surface area contributed by atoms with Crippen molar-refractivity contribution in [2.24, 2.45) is 5.84 Å². The first-order valence-corrected chi connectivity index (χ1v) is 4.93. The van der Waals surface area contributed by atoms with Gasteiger partial charge in [-0.2, -0.15) is 0 Å². The average Bonchev–Trinajstić information content (AvgIpc) is 2.18. The van der Waals surface area contributed by atoms with Crippen LogP contribution < -0.4 is 11.3 Å². The van der Waals surface area contributed by atoms with E-state index in [9.17, 15) is 0 Å². The number of nitrogens with two attached hydrogens (primary N) is 1. The summed E-state index contributed by atoms with van der Waals surface area (Å²) in [6.07, 6.45) is 3.67. The van der Waals surface area contributed by atoms with Crippen LogP contribution in [0.4, 0.5) is 0 Å². The highest BCUT2D eigenvalue weighted by Crippen LogP contribution is 2.25. The van der Waals surface area contributed by atoms with Gasteiger partial charge < -0.3 is 4.74 Å². The SMILES string of the molecule is C=CC(NN)C(CC)(CC)OCC. The van der Waals surface area contributed by atoms with E-state index in [1.165, 1.54) is 0 Å². The van der Waals surface area contributed by atoms with Gasteiger partial charge in [-0.15, -0.1) is 6.58 Å². The minimum Gasteiger partial charge on any atom is -0.373 e. The number of hydrazine groups is 1. The molecular weight excluding hydrogens is 164 g/mol. The molecule has 0 spiro atoms. The maximum atomic E-state index is 5.76. The van der Waals surface area contributed by atoms with Crippen LogP contribution >= 0.6 is 0 Å². The first-order valence-electron chi connectivity index (χ1n) is 4.93. The molecule has 0 aromatic rings. The van der Waals surface area contributed by atoms with Gasteiger partial charge in [-0.25, -0.2) is 0 Å². The molecule has 0 heterocycles. The summed E-state index contributed by atoms with van der Waals surface area (Å²) >= 11 is 0. The van der Waals surface area contributed by atoms with Gasteiger partial charge >= 0.3 is 0 Å². The topological polar surface area (TPSA) is 47.3 Å². The third kappa shape index (κ3) is 2.79. The molecule has 0 aromatic carbocycles. The van der Waals surface area contributed by atoms with Crippen LogP contribution in [0.3, 0.4) is 0 Å². The van der Waals surface area contributed by atoms with Crippen molar-refractivity contribution < 1.29 is 4.74 Å². The quantitative estimate of drug-likeness (QED) is 0.361. The van der Waals surface area contributed by atoms with E-state index in [0.717, 1.165) is 12.8 Å². The van der Waals surface area contributed by atoms with Crippen molar-refractivity contribution in [1.82, 2.24) is 5.43 Å². The van der Waals surface area contributed by atoms with Gasteiger partial charge in [-0.3, -0.25) is 11.3 Å². The molecule has 78 valence electrons. The van der Waals surface area contributed by atoms with Crippen LogP contribution in [0.25, 0.3) is 0 Å². The predicted molar refractivity (Wildman–Crippen MR) is 56.2 cm³/mol. The first kappa shape index (κ1) is 12.6. The number of rotatable bonds is 7. The maximum Gasteiger partial charge on any atom is 0.0877 e.